The second-order valence-corrected chi connectivity index (χ2v) is 3.31. The number of ketones is 1. The predicted molar refractivity (Wildman–Crippen MR) is 35.1 cm³/mol. The minimum absolute atomic E-state index is 0.521. The van der Waals surface area contributed by atoms with Crippen LogP contribution in [0.3, 0.4) is 0 Å². The second-order valence-electron chi connectivity index (χ2n) is 3.31. The molecule has 2 unspecified atom stereocenters. The van der Waals surface area contributed by atoms with E-state index in [1.54, 1.807) is 0 Å². The summed E-state index contributed by atoms with van der Waals surface area (Å²) in [5.74, 6) is 1.89. The van der Waals surface area contributed by atoms with E-state index in [9.17, 15) is 4.79 Å². The predicted octanol–water partition coefficient (Wildman–Crippen LogP) is 1.77. The van der Waals surface area contributed by atoms with Crippen LogP contribution >= 0.6 is 0 Å². The van der Waals surface area contributed by atoms with Crippen LogP contribution in [0.25, 0.3) is 0 Å². The van der Waals surface area contributed by atoms with E-state index in [-0.39, 0.29) is 0 Å². The van der Waals surface area contributed by atoms with Crippen LogP contribution in [0, 0.1) is 11.8 Å². The van der Waals surface area contributed by atoms with Gasteiger partial charge in [0.25, 0.3) is 0 Å². The highest BCUT2D eigenvalue weighted by molar-refractivity contribution is 5.83. The largest absolute Gasteiger partial charge is 0.299 e. The lowest BCUT2D eigenvalue weighted by atomic mass is 10.1. The lowest BCUT2D eigenvalue weighted by Crippen LogP contribution is -1.98. The van der Waals surface area contributed by atoms with E-state index in [2.05, 4.69) is 0 Å². The Morgan fingerprint density at radius 3 is 3.11 bits per heavy atom. The van der Waals surface area contributed by atoms with Crippen molar-refractivity contribution < 1.29 is 4.79 Å². The van der Waals surface area contributed by atoms with Crippen LogP contribution in [-0.2, 0) is 4.79 Å². The Kier molecular flexibility index (Phi) is 1.11. The maximum Gasteiger partial charge on any atom is 0.136 e. The summed E-state index contributed by atoms with van der Waals surface area (Å²) >= 11 is 0. The Morgan fingerprint density at radius 1 is 1.33 bits per heavy atom. The quantitative estimate of drug-likeness (QED) is 0.481. The maximum atomic E-state index is 11.1. The molecule has 9 heavy (non-hydrogen) atoms. The Balaban J connectivity index is 2.03. The second kappa shape index (κ2) is 1.83. The van der Waals surface area contributed by atoms with E-state index in [1.807, 2.05) is 0 Å². The average molecular weight is 124 g/mol. The maximum absolute atomic E-state index is 11.1. The molecule has 0 aliphatic heterocycles. The average Bonchev–Trinajstić information content (AvgIpc) is 2.55. The first-order valence-electron chi connectivity index (χ1n) is 3.90. The first-order chi connectivity index (χ1) is 4.38. The van der Waals surface area contributed by atoms with Crippen molar-refractivity contribution in [3.8, 4) is 0 Å². The zero-order valence-electron chi connectivity index (χ0n) is 5.60. The van der Waals surface area contributed by atoms with Gasteiger partial charge in [-0.1, -0.05) is 6.42 Å². The minimum atomic E-state index is 0.521. The normalized spacial score (nSPS) is 41.6. The summed E-state index contributed by atoms with van der Waals surface area (Å²) in [4.78, 5) is 11.1. The lowest BCUT2D eigenvalue weighted by Gasteiger charge is -1.90. The molecule has 0 spiro atoms. The highest BCUT2D eigenvalue weighted by atomic mass is 16.1. The van der Waals surface area contributed by atoms with E-state index in [4.69, 9.17) is 0 Å². The fraction of sp³-hybridized carbons (Fsp3) is 0.875. The van der Waals surface area contributed by atoms with Gasteiger partial charge in [0.1, 0.15) is 5.78 Å². The summed E-state index contributed by atoms with van der Waals surface area (Å²) in [6, 6.07) is 0. The van der Waals surface area contributed by atoms with Crippen LogP contribution in [0.5, 0.6) is 0 Å². The molecule has 1 heteroatoms. The minimum Gasteiger partial charge on any atom is -0.299 e. The molecule has 0 aromatic carbocycles. The third kappa shape index (κ3) is 0.887. The fourth-order valence-corrected chi connectivity index (χ4v) is 1.85. The molecule has 0 bridgehead atoms. The molecule has 2 rings (SSSR count). The van der Waals surface area contributed by atoms with Gasteiger partial charge in [-0.15, -0.1) is 0 Å². The van der Waals surface area contributed by atoms with E-state index in [0.717, 1.165) is 18.8 Å². The molecule has 50 valence electrons. The van der Waals surface area contributed by atoms with Crippen LogP contribution in [0.1, 0.15) is 32.1 Å². The van der Waals surface area contributed by atoms with Crippen molar-refractivity contribution in [3.05, 3.63) is 0 Å². The fourth-order valence-electron chi connectivity index (χ4n) is 1.85. The van der Waals surface area contributed by atoms with Gasteiger partial charge in [0.2, 0.25) is 0 Å². The third-order valence-electron chi connectivity index (χ3n) is 2.58. The van der Waals surface area contributed by atoms with Crippen LogP contribution < -0.4 is 0 Å². The Morgan fingerprint density at radius 2 is 2.22 bits per heavy atom. The first-order valence-corrected chi connectivity index (χ1v) is 3.90. The molecule has 0 aromatic rings. The number of fused-ring (bicyclic) bond motifs is 1. The van der Waals surface area contributed by atoms with E-state index >= 15 is 0 Å². The Bertz CT molecular complexity index is 140. The summed E-state index contributed by atoms with van der Waals surface area (Å²) in [7, 11) is 0. The van der Waals surface area contributed by atoms with Crippen molar-refractivity contribution in [2.75, 3.05) is 0 Å². The molecule has 2 saturated carbocycles. The van der Waals surface area contributed by atoms with Crippen molar-refractivity contribution >= 4 is 5.78 Å². The summed E-state index contributed by atoms with van der Waals surface area (Å²) in [5, 5.41) is 0. The summed E-state index contributed by atoms with van der Waals surface area (Å²) in [6.45, 7) is 0. The van der Waals surface area contributed by atoms with Crippen LogP contribution in [0.4, 0.5) is 0 Å². The topological polar surface area (TPSA) is 17.1 Å². The van der Waals surface area contributed by atoms with Crippen molar-refractivity contribution in [3.63, 3.8) is 0 Å². The first kappa shape index (κ1) is 5.45. The summed E-state index contributed by atoms with van der Waals surface area (Å²) in [6.07, 6.45) is 5.88. The molecule has 2 aliphatic carbocycles. The van der Waals surface area contributed by atoms with Gasteiger partial charge >= 0.3 is 0 Å². The van der Waals surface area contributed by atoms with Gasteiger partial charge in [-0.3, -0.25) is 4.79 Å². The van der Waals surface area contributed by atoms with Gasteiger partial charge in [0, 0.05) is 12.3 Å². The number of carbonyl (C=O) groups excluding carboxylic acids is 1. The molecule has 0 N–H and O–H groups in total. The zero-order chi connectivity index (χ0) is 6.27. The van der Waals surface area contributed by atoms with Crippen molar-refractivity contribution in [2.45, 2.75) is 32.1 Å². The smallest absolute Gasteiger partial charge is 0.136 e. The number of hydrogen-bond donors (Lipinski definition) is 0. The third-order valence-corrected chi connectivity index (χ3v) is 2.58. The van der Waals surface area contributed by atoms with Crippen molar-refractivity contribution in [2.24, 2.45) is 11.8 Å². The monoisotopic (exact) mass is 124 g/mol. The molecule has 2 aliphatic rings. The van der Waals surface area contributed by atoms with Gasteiger partial charge < -0.3 is 0 Å². The van der Waals surface area contributed by atoms with Gasteiger partial charge in [0.15, 0.2) is 0 Å². The SMILES string of the molecule is O=C1CCCCC2CC12. The Labute approximate surface area is 55.4 Å². The van der Waals surface area contributed by atoms with Gasteiger partial charge in [-0.05, 0) is 25.2 Å². The van der Waals surface area contributed by atoms with Crippen LogP contribution in [0.15, 0.2) is 0 Å². The van der Waals surface area contributed by atoms with Crippen LogP contribution in [-0.4, -0.2) is 5.78 Å². The molecule has 0 aromatic heterocycles. The molecular formula is C8H12O. The molecule has 2 atom stereocenters. The lowest BCUT2D eigenvalue weighted by molar-refractivity contribution is -0.120. The van der Waals surface area contributed by atoms with E-state index < -0.39 is 0 Å². The standard InChI is InChI=1S/C8H12O/c9-8-4-2-1-3-6-5-7(6)8/h6-7H,1-5H2. The van der Waals surface area contributed by atoms with Crippen LogP contribution in [0.2, 0.25) is 0 Å². The number of Topliss-reactive ketones (excluding diaryl/α,β-unsaturated/α-hetero) is 1. The number of hydrogen-bond acceptors (Lipinski definition) is 1. The summed E-state index contributed by atoms with van der Waals surface area (Å²) in [5.41, 5.74) is 0. The number of carbonyl (C=O) groups is 1. The van der Waals surface area contributed by atoms with E-state index in [1.165, 1.54) is 19.3 Å². The molecular weight excluding hydrogens is 112 g/mol. The highest BCUT2D eigenvalue weighted by Gasteiger charge is 2.42. The van der Waals surface area contributed by atoms with Gasteiger partial charge in [0.05, 0.1) is 0 Å². The van der Waals surface area contributed by atoms with Crippen molar-refractivity contribution in [1.29, 1.82) is 0 Å². The molecule has 0 radical (unpaired) electrons. The molecule has 0 heterocycles. The number of rotatable bonds is 0. The Hall–Kier alpha value is -0.330. The zero-order valence-corrected chi connectivity index (χ0v) is 5.60. The van der Waals surface area contributed by atoms with Gasteiger partial charge in [-0.25, -0.2) is 0 Å². The van der Waals surface area contributed by atoms with E-state index in [0.29, 0.717) is 11.7 Å². The summed E-state index contributed by atoms with van der Waals surface area (Å²) < 4.78 is 0. The molecule has 0 saturated heterocycles. The highest BCUT2D eigenvalue weighted by Crippen LogP contribution is 2.45. The molecule has 2 fully saturated rings. The molecule has 1 nitrogen and oxygen atoms in total. The van der Waals surface area contributed by atoms with Gasteiger partial charge in [-0.2, -0.15) is 0 Å². The molecule has 0 amide bonds. The van der Waals surface area contributed by atoms with Crippen molar-refractivity contribution in [1.82, 2.24) is 0 Å².